The van der Waals surface area contributed by atoms with Crippen molar-refractivity contribution >= 4 is 22.6 Å². The Morgan fingerprint density at radius 2 is 2.10 bits per heavy atom. The van der Waals surface area contributed by atoms with E-state index >= 15 is 0 Å². The topological polar surface area (TPSA) is 0 Å². The van der Waals surface area contributed by atoms with Gasteiger partial charge in [-0.1, -0.05) is 47.1 Å². The summed E-state index contributed by atoms with van der Waals surface area (Å²) in [6.07, 6.45) is 8.26. The molecular weight excluding hydrogens is 235 g/mol. The van der Waals surface area contributed by atoms with Gasteiger partial charge in [0.15, 0.2) is 0 Å². The lowest BCUT2D eigenvalue weighted by atomic mass is 10.1. The molecule has 1 rings (SSSR count). The van der Waals surface area contributed by atoms with Gasteiger partial charge in [-0.15, -0.1) is 0 Å². The van der Waals surface area contributed by atoms with E-state index in [0.29, 0.717) is 0 Å². The van der Waals surface area contributed by atoms with Crippen molar-refractivity contribution < 1.29 is 0 Å². The Hall–Kier alpha value is 0.470. The molecule has 0 unspecified atom stereocenters. The van der Waals surface area contributed by atoms with Gasteiger partial charge in [-0.3, -0.25) is 0 Å². The van der Waals surface area contributed by atoms with Crippen LogP contribution in [0.5, 0.6) is 0 Å². The second-order valence-corrected chi connectivity index (χ2v) is 3.95. The molecular formula is C9H15I. The van der Waals surface area contributed by atoms with Crippen LogP contribution in [0.25, 0.3) is 0 Å². The summed E-state index contributed by atoms with van der Waals surface area (Å²) >= 11 is 2.43. The first-order valence-electron chi connectivity index (χ1n) is 4.06. The van der Waals surface area contributed by atoms with Crippen LogP contribution in [0.4, 0.5) is 0 Å². The van der Waals surface area contributed by atoms with Gasteiger partial charge >= 0.3 is 0 Å². The highest BCUT2D eigenvalue weighted by atomic mass is 127. The molecule has 10 heavy (non-hydrogen) atoms. The summed E-state index contributed by atoms with van der Waals surface area (Å²) in [7, 11) is 0. The first kappa shape index (κ1) is 8.57. The van der Waals surface area contributed by atoms with E-state index in [4.69, 9.17) is 0 Å². The molecule has 1 fully saturated rings. The van der Waals surface area contributed by atoms with Crippen LogP contribution in [0.15, 0.2) is 11.6 Å². The smallest absolute Gasteiger partial charge is 0.0203 e. The minimum Gasteiger partial charge on any atom is -0.0817 e. The number of halogens is 1. The largest absolute Gasteiger partial charge is 0.0817 e. The fourth-order valence-electron chi connectivity index (χ4n) is 1.57. The first-order valence-corrected chi connectivity index (χ1v) is 5.58. The summed E-state index contributed by atoms with van der Waals surface area (Å²) in [5.74, 6) is 0.926. The second-order valence-electron chi connectivity index (χ2n) is 3.19. The highest BCUT2D eigenvalue weighted by Crippen LogP contribution is 2.26. The molecule has 0 amide bonds. The van der Waals surface area contributed by atoms with Gasteiger partial charge in [0.05, 0.1) is 0 Å². The Bertz CT molecular complexity index is 121. The molecule has 0 N–H and O–H groups in total. The summed E-state index contributed by atoms with van der Waals surface area (Å²) in [5, 5.41) is 0. The molecule has 1 aliphatic rings. The van der Waals surface area contributed by atoms with E-state index in [0.717, 1.165) is 5.92 Å². The van der Waals surface area contributed by atoms with Crippen molar-refractivity contribution in [3.05, 3.63) is 11.6 Å². The van der Waals surface area contributed by atoms with Crippen LogP contribution in [0, 0.1) is 5.92 Å². The maximum absolute atomic E-state index is 2.47. The van der Waals surface area contributed by atoms with Gasteiger partial charge in [0, 0.05) is 4.43 Å². The number of allylic oxidation sites excluding steroid dienone is 2. The zero-order valence-corrected chi connectivity index (χ0v) is 8.73. The molecule has 0 nitrogen and oxygen atoms in total. The summed E-state index contributed by atoms with van der Waals surface area (Å²) in [4.78, 5) is 0. The molecule has 0 atom stereocenters. The monoisotopic (exact) mass is 250 g/mol. The van der Waals surface area contributed by atoms with Crippen molar-refractivity contribution in [2.24, 2.45) is 5.92 Å². The molecule has 0 aliphatic heterocycles. The SMILES string of the molecule is C/C(=C\C1CCCC1)CI. The van der Waals surface area contributed by atoms with Gasteiger partial charge in [0.25, 0.3) is 0 Å². The second kappa shape index (κ2) is 4.37. The molecule has 1 heteroatoms. The highest BCUT2D eigenvalue weighted by Gasteiger charge is 2.11. The van der Waals surface area contributed by atoms with Crippen LogP contribution >= 0.6 is 22.6 Å². The normalized spacial score (nSPS) is 22.0. The minimum atomic E-state index is 0.926. The molecule has 1 aliphatic carbocycles. The molecule has 0 saturated heterocycles. The first-order chi connectivity index (χ1) is 4.83. The predicted molar refractivity (Wildman–Crippen MR) is 54.6 cm³/mol. The molecule has 0 aromatic carbocycles. The number of alkyl halides is 1. The average Bonchev–Trinajstić information content (AvgIpc) is 2.40. The summed E-state index contributed by atoms with van der Waals surface area (Å²) in [5.41, 5.74) is 1.56. The molecule has 0 spiro atoms. The fourth-order valence-corrected chi connectivity index (χ4v) is 1.83. The van der Waals surface area contributed by atoms with Crippen LogP contribution in [0.1, 0.15) is 32.6 Å². The van der Waals surface area contributed by atoms with E-state index in [1.54, 1.807) is 5.57 Å². The van der Waals surface area contributed by atoms with Crippen molar-refractivity contribution in [2.75, 3.05) is 4.43 Å². The van der Waals surface area contributed by atoms with Gasteiger partial charge < -0.3 is 0 Å². The van der Waals surface area contributed by atoms with Gasteiger partial charge in [-0.05, 0) is 25.7 Å². The third kappa shape index (κ3) is 2.60. The summed E-state index contributed by atoms with van der Waals surface area (Å²) in [6, 6.07) is 0. The third-order valence-corrected chi connectivity index (χ3v) is 3.33. The zero-order chi connectivity index (χ0) is 7.40. The van der Waals surface area contributed by atoms with Crippen LogP contribution < -0.4 is 0 Å². The van der Waals surface area contributed by atoms with Gasteiger partial charge in [0.2, 0.25) is 0 Å². The van der Waals surface area contributed by atoms with Crippen molar-refractivity contribution in [1.82, 2.24) is 0 Å². The van der Waals surface area contributed by atoms with Gasteiger partial charge in [0.1, 0.15) is 0 Å². The molecule has 0 heterocycles. The molecule has 0 aromatic rings. The lowest BCUT2D eigenvalue weighted by Crippen LogP contribution is -1.88. The Balaban J connectivity index is 2.34. The Morgan fingerprint density at radius 1 is 1.50 bits per heavy atom. The lowest BCUT2D eigenvalue weighted by Gasteiger charge is -2.02. The number of hydrogen-bond acceptors (Lipinski definition) is 0. The molecule has 58 valence electrons. The van der Waals surface area contributed by atoms with Crippen molar-refractivity contribution in [3.63, 3.8) is 0 Å². The third-order valence-electron chi connectivity index (χ3n) is 2.13. The number of rotatable bonds is 2. The van der Waals surface area contributed by atoms with E-state index < -0.39 is 0 Å². The van der Waals surface area contributed by atoms with E-state index in [-0.39, 0.29) is 0 Å². The fraction of sp³-hybridized carbons (Fsp3) is 0.778. The van der Waals surface area contributed by atoms with Crippen LogP contribution in [0.3, 0.4) is 0 Å². The van der Waals surface area contributed by atoms with Crippen LogP contribution in [-0.4, -0.2) is 4.43 Å². The standard InChI is InChI=1S/C9H15I/c1-8(7-10)6-9-4-2-3-5-9/h6,9H,2-5,7H2,1H3/b8-6+. The van der Waals surface area contributed by atoms with E-state index in [1.807, 2.05) is 0 Å². The van der Waals surface area contributed by atoms with Crippen LogP contribution in [0.2, 0.25) is 0 Å². The van der Waals surface area contributed by atoms with Crippen molar-refractivity contribution in [2.45, 2.75) is 32.6 Å². The summed E-state index contributed by atoms with van der Waals surface area (Å²) < 4.78 is 1.20. The quantitative estimate of drug-likeness (QED) is 0.399. The zero-order valence-electron chi connectivity index (χ0n) is 6.57. The summed E-state index contributed by atoms with van der Waals surface area (Å²) in [6.45, 7) is 2.24. The Morgan fingerprint density at radius 3 is 2.60 bits per heavy atom. The molecule has 1 saturated carbocycles. The maximum atomic E-state index is 2.47. The molecule has 0 radical (unpaired) electrons. The molecule has 0 bridgehead atoms. The minimum absolute atomic E-state index is 0.926. The van der Waals surface area contributed by atoms with E-state index in [1.165, 1.54) is 30.1 Å². The number of hydrogen-bond donors (Lipinski definition) is 0. The maximum Gasteiger partial charge on any atom is 0.0203 e. The van der Waals surface area contributed by atoms with E-state index in [2.05, 4.69) is 35.6 Å². The van der Waals surface area contributed by atoms with Crippen LogP contribution in [-0.2, 0) is 0 Å². The molecule has 0 aromatic heterocycles. The lowest BCUT2D eigenvalue weighted by molar-refractivity contribution is 0.681. The van der Waals surface area contributed by atoms with Crippen molar-refractivity contribution in [3.8, 4) is 0 Å². The Labute approximate surface area is 77.2 Å². The van der Waals surface area contributed by atoms with Gasteiger partial charge in [-0.25, -0.2) is 0 Å². The highest BCUT2D eigenvalue weighted by molar-refractivity contribution is 14.1. The predicted octanol–water partition coefficient (Wildman–Crippen LogP) is 3.56. The Kier molecular flexibility index (Phi) is 3.74. The van der Waals surface area contributed by atoms with Crippen molar-refractivity contribution in [1.29, 1.82) is 0 Å². The average molecular weight is 250 g/mol. The van der Waals surface area contributed by atoms with Gasteiger partial charge in [-0.2, -0.15) is 0 Å². The van der Waals surface area contributed by atoms with E-state index in [9.17, 15) is 0 Å².